The van der Waals surface area contributed by atoms with Crippen molar-refractivity contribution in [2.45, 2.75) is 116 Å². The van der Waals surface area contributed by atoms with Crippen LogP contribution in [-0.2, 0) is 0 Å². The van der Waals surface area contributed by atoms with Crippen molar-refractivity contribution < 1.29 is 5.11 Å². The average Bonchev–Trinajstić information content (AvgIpc) is 3.18. The maximum absolute atomic E-state index is 10.0. The molecule has 3 heterocycles. The number of fused-ring (bicyclic) bond motifs is 1. The van der Waals surface area contributed by atoms with Crippen LogP contribution in [0.3, 0.4) is 0 Å². The first kappa shape index (κ1) is 23.5. The quantitative estimate of drug-likeness (QED) is 0.567. The number of nitrogens with one attached hydrogen (secondary N) is 1. The molecule has 2 aliphatic rings. The lowest BCUT2D eigenvalue weighted by Gasteiger charge is -2.35. The van der Waals surface area contributed by atoms with E-state index in [2.05, 4.69) is 54.9 Å². The number of aromatic nitrogens is 3. The summed E-state index contributed by atoms with van der Waals surface area (Å²) >= 11 is 0. The van der Waals surface area contributed by atoms with E-state index in [1.165, 1.54) is 43.3 Å². The first-order chi connectivity index (χ1) is 15.5. The summed E-state index contributed by atoms with van der Waals surface area (Å²) < 4.78 is 2.43. The van der Waals surface area contributed by atoms with Crippen molar-refractivity contribution in [3.05, 3.63) is 18.0 Å². The maximum atomic E-state index is 10.0. The summed E-state index contributed by atoms with van der Waals surface area (Å²) in [6.45, 7) is 11.4. The highest BCUT2D eigenvalue weighted by Gasteiger charge is 2.29. The second-order valence-corrected chi connectivity index (χ2v) is 10.3. The average molecular weight is 442 g/mol. The van der Waals surface area contributed by atoms with E-state index in [-0.39, 0.29) is 6.10 Å². The van der Waals surface area contributed by atoms with Crippen molar-refractivity contribution in [2.24, 2.45) is 0 Å². The fourth-order valence-electron chi connectivity index (χ4n) is 5.70. The van der Waals surface area contributed by atoms with Gasteiger partial charge in [0.05, 0.1) is 6.10 Å². The fourth-order valence-corrected chi connectivity index (χ4v) is 5.70. The molecule has 178 valence electrons. The minimum Gasteiger partial charge on any atom is -0.393 e. The van der Waals surface area contributed by atoms with Crippen LogP contribution in [0.2, 0.25) is 0 Å². The molecule has 2 aromatic heterocycles. The molecule has 0 bridgehead atoms. The highest BCUT2D eigenvalue weighted by Crippen LogP contribution is 2.38. The molecule has 0 spiro atoms. The smallest absolute Gasteiger partial charge is 0.224 e. The molecule has 2 aromatic rings. The highest BCUT2D eigenvalue weighted by molar-refractivity contribution is 5.81. The Balaban J connectivity index is 1.62. The summed E-state index contributed by atoms with van der Waals surface area (Å²) in [4.78, 5) is 12.4. The third-order valence-corrected chi connectivity index (χ3v) is 7.94. The standard InChI is InChI=1S/C26H43N5O/c1-5-7-18(3)28-26-27-16-23-24(20-12-14-30(15-13-20)19(4)6-2)17-31(25(23)29-26)21-8-10-22(32)11-9-21/h16-22,32H,5-15H2,1-4H3,(H,27,28,29)/t18-,19?,21?,22?/m0/s1. The second-order valence-electron chi connectivity index (χ2n) is 10.3. The van der Waals surface area contributed by atoms with Gasteiger partial charge in [-0.1, -0.05) is 20.3 Å². The van der Waals surface area contributed by atoms with Crippen LogP contribution in [0.25, 0.3) is 11.0 Å². The number of hydrogen-bond donors (Lipinski definition) is 2. The van der Waals surface area contributed by atoms with E-state index < -0.39 is 0 Å². The zero-order chi connectivity index (χ0) is 22.7. The third kappa shape index (κ3) is 5.12. The van der Waals surface area contributed by atoms with Gasteiger partial charge in [0, 0.05) is 35.9 Å². The van der Waals surface area contributed by atoms with E-state index in [0.29, 0.717) is 24.0 Å². The van der Waals surface area contributed by atoms with Gasteiger partial charge in [-0.25, -0.2) is 4.98 Å². The molecule has 2 fully saturated rings. The molecule has 6 heteroatoms. The van der Waals surface area contributed by atoms with Gasteiger partial charge in [0.15, 0.2) is 0 Å². The minimum absolute atomic E-state index is 0.140. The Bertz CT molecular complexity index is 864. The van der Waals surface area contributed by atoms with Crippen molar-refractivity contribution in [1.82, 2.24) is 19.4 Å². The Morgan fingerprint density at radius 2 is 1.81 bits per heavy atom. The summed E-state index contributed by atoms with van der Waals surface area (Å²) in [5.74, 6) is 1.32. The lowest BCUT2D eigenvalue weighted by molar-refractivity contribution is 0.111. The van der Waals surface area contributed by atoms with E-state index in [9.17, 15) is 5.11 Å². The molecule has 6 nitrogen and oxygen atoms in total. The van der Waals surface area contributed by atoms with Crippen molar-refractivity contribution in [3.63, 3.8) is 0 Å². The van der Waals surface area contributed by atoms with Gasteiger partial charge in [-0.2, -0.15) is 4.98 Å². The van der Waals surface area contributed by atoms with Gasteiger partial charge in [0.2, 0.25) is 5.95 Å². The van der Waals surface area contributed by atoms with Crippen LogP contribution in [-0.4, -0.2) is 55.8 Å². The monoisotopic (exact) mass is 441 g/mol. The molecule has 1 unspecified atom stereocenters. The molecule has 2 N–H and O–H groups in total. The van der Waals surface area contributed by atoms with Crippen LogP contribution in [0.1, 0.15) is 103 Å². The Kier molecular flexibility index (Phi) is 7.72. The molecular weight excluding hydrogens is 398 g/mol. The number of aliphatic hydroxyl groups excluding tert-OH is 1. The van der Waals surface area contributed by atoms with Crippen LogP contribution in [0, 0.1) is 0 Å². The lowest BCUT2D eigenvalue weighted by Crippen LogP contribution is -2.39. The zero-order valence-electron chi connectivity index (χ0n) is 20.6. The van der Waals surface area contributed by atoms with E-state index in [1.807, 2.05) is 0 Å². The van der Waals surface area contributed by atoms with Crippen molar-refractivity contribution in [3.8, 4) is 0 Å². The topological polar surface area (TPSA) is 66.2 Å². The molecule has 1 saturated carbocycles. The number of hydrogen-bond acceptors (Lipinski definition) is 5. The predicted octanol–water partition coefficient (Wildman–Crippen LogP) is 5.49. The van der Waals surface area contributed by atoms with Crippen molar-refractivity contribution >= 4 is 17.0 Å². The molecule has 0 radical (unpaired) electrons. The van der Waals surface area contributed by atoms with Crippen LogP contribution >= 0.6 is 0 Å². The van der Waals surface area contributed by atoms with Gasteiger partial charge in [-0.3, -0.25) is 0 Å². The predicted molar refractivity (Wildman–Crippen MR) is 132 cm³/mol. The highest BCUT2D eigenvalue weighted by atomic mass is 16.3. The van der Waals surface area contributed by atoms with E-state index >= 15 is 0 Å². The van der Waals surface area contributed by atoms with Crippen molar-refractivity contribution in [2.75, 3.05) is 18.4 Å². The largest absolute Gasteiger partial charge is 0.393 e. The van der Waals surface area contributed by atoms with Gasteiger partial charge < -0.3 is 19.9 Å². The van der Waals surface area contributed by atoms with Crippen LogP contribution in [0.5, 0.6) is 0 Å². The number of likely N-dealkylation sites (tertiary alicyclic amines) is 1. The summed E-state index contributed by atoms with van der Waals surface area (Å²) in [6, 6.07) is 1.47. The molecule has 0 aromatic carbocycles. The number of piperidine rings is 1. The normalized spacial score (nSPS) is 25.2. The Hall–Kier alpha value is -1.66. The minimum atomic E-state index is -0.140. The van der Waals surface area contributed by atoms with E-state index in [1.54, 1.807) is 0 Å². The number of nitrogens with zero attached hydrogens (tertiary/aromatic N) is 4. The summed E-state index contributed by atoms with van der Waals surface area (Å²) in [7, 11) is 0. The SMILES string of the molecule is CCC[C@H](C)Nc1ncc2c(C3CCN(C(C)CC)CC3)cn(C3CCC(O)CC3)c2n1. The van der Waals surface area contributed by atoms with E-state index in [0.717, 1.165) is 50.1 Å². The van der Waals surface area contributed by atoms with Crippen LogP contribution in [0.15, 0.2) is 12.4 Å². The first-order valence-electron chi connectivity index (χ1n) is 13.1. The Labute approximate surface area is 193 Å². The molecule has 4 rings (SSSR count). The molecule has 1 aliphatic carbocycles. The Morgan fingerprint density at radius 3 is 2.47 bits per heavy atom. The number of anilines is 1. The fraction of sp³-hybridized carbons (Fsp3) is 0.769. The number of aliphatic hydroxyl groups is 1. The molecule has 1 aliphatic heterocycles. The summed E-state index contributed by atoms with van der Waals surface area (Å²) in [5.41, 5.74) is 2.51. The molecule has 32 heavy (non-hydrogen) atoms. The first-order valence-corrected chi connectivity index (χ1v) is 13.1. The van der Waals surface area contributed by atoms with Gasteiger partial charge in [0.1, 0.15) is 5.65 Å². The maximum Gasteiger partial charge on any atom is 0.224 e. The van der Waals surface area contributed by atoms with Crippen LogP contribution < -0.4 is 5.32 Å². The molecule has 1 saturated heterocycles. The molecular formula is C26H43N5O. The van der Waals surface area contributed by atoms with Gasteiger partial charge in [0.25, 0.3) is 0 Å². The zero-order valence-corrected chi connectivity index (χ0v) is 20.6. The van der Waals surface area contributed by atoms with Crippen LogP contribution in [0.4, 0.5) is 5.95 Å². The van der Waals surface area contributed by atoms with E-state index in [4.69, 9.17) is 9.97 Å². The molecule has 0 amide bonds. The second kappa shape index (κ2) is 10.5. The third-order valence-electron chi connectivity index (χ3n) is 7.94. The number of rotatable bonds is 8. The summed E-state index contributed by atoms with van der Waals surface area (Å²) in [5, 5.41) is 14.8. The summed E-state index contributed by atoms with van der Waals surface area (Å²) in [6.07, 6.45) is 14.0. The van der Waals surface area contributed by atoms with Gasteiger partial charge in [-0.15, -0.1) is 0 Å². The van der Waals surface area contributed by atoms with Gasteiger partial charge in [-0.05, 0) is 89.8 Å². The Morgan fingerprint density at radius 1 is 1.09 bits per heavy atom. The van der Waals surface area contributed by atoms with Gasteiger partial charge >= 0.3 is 0 Å². The lowest BCUT2D eigenvalue weighted by atomic mass is 9.89. The molecule has 2 atom stereocenters. The van der Waals surface area contributed by atoms with Crippen molar-refractivity contribution in [1.29, 1.82) is 0 Å².